The third-order valence-corrected chi connectivity index (χ3v) is 7.55. The summed E-state index contributed by atoms with van der Waals surface area (Å²) in [6.07, 6.45) is 2.13. The Morgan fingerprint density at radius 2 is 1.19 bits per heavy atom. The highest BCUT2D eigenvalue weighted by Gasteiger charge is 2.40. The number of likely N-dealkylation sites (tertiary alicyclic amines) is 1. The van der Waals surface area contributed by atoms with Crippen LogP contribution in [0.15, 0.2) is 115 Å². The molecule has 1 fully saturated rings. The molecule has 1 aliphatic heterocycles. The topological polar surface area (TPSA) is 15.7 Å². The van der Waals surface area contributed by atoms with Crippen molar-refractivity contribution in [3.63, 3.8) is 0 Å². The van der Waals surface area contributed by atoms with Crippen LogP contribution in [-0.4, -0.2) is 49.1 Å². The number of rotatable bonds is 9. The number of halogens is 1. The van der Waals surface area contributed by atoms with Crippen LogP contribution < -0.4 is 4.74 Å². The van der Waals surface area contributed by atoms with E-state index in [1.54, 1.807) is 12.1 Å². The molecule has 0 aromatic heterocycles. The Labute approximate surface area is 220 Å². The highest BCUT2D eigenvalue weighted by molar-refractivity contribution is 5.49. The van der Waals surface area contributed by atoms with E-state index in [2.05, 4.69) is 108 Å². The van der Waals surface area contributed by atoms with Crippen LogP contribution in [0, 0.1) is 5.82 Å². The van der Waals surface area contributed by atoms with Gasteiger partial charge in [-0.05, 0) is 60.8 Å². The van der Waals surface area contributed by atoms with E-state index in [4.69, 9.17) is 4.74 Å². The summed E-state index contributed by atoms with van der Waals surface area (Å²) < 4.78 is 19.3. The highest BCUT2D eigenvalue weighted by Crippen LogP contribution is 2.41. The lowest BCUT2D eigenvalue weighted by Crippen LogP contribution is -2.49. The van der Waals surface area contributed by atoms with E-state index < -0.39 is 5.54 Å². The molecule has 5 rings (SSSR count). The zero-order valence-corrected chi connectivity index (χ0v) is 21.5. The number of nitrogens with zero attached hydrogens (tertiary/aromatic N) is 2. The minimum atomic E-state index is -0.395. The second kappa shape index (κ2) is 11.7. The van der Waals surface area contributed by atoms with Crippen LogP contribution >= 0.6 is 0 Å². The number of likely N-dealkylation sites (N-methyl/N-ethyl adjacent to an activating group) is 1. The smallest absolute Gasteiger partial charge is 0.123 e. The maximum atomic E-state index is 13.2. The minimum absolute atomic E-state index is 0.177. The van der Waals surface area contributed by atoms with Crippen molar-refractivity contribution in [2.24, 2.45) is 0 Å². The molecule has 3 nitrogen and oxygen atoms in total. The molecule has 1 saturated heterocycles. The molecule has 0 amide bonds. The van der Waals surface area contributed by atoms with E-state index in [0.717, 1.165) is 44.8 Å². The third kappa shape index (κ3) is 5.61. The van der Waals surface area contributed by atoms with Gasteiger partial charge in [0, 0.05) is 26.2 Å². The van der Waals surface area contributed by atoms with Gasteiger partial charge in [0.05, 0.1) is 5.54 Å². The molecule has 1 aliphatic rings. The van der Waals surface area contributed by atoms with Gasteiger partial charge < -0.3 is 9.64 Å². The molecule has 4 aromatic carbocycles. The number of piperidine rings is 1. The van der Waals surface area contributed by atoms with Gasteiger partial charge in [0.15, 0.2) is 0 Å². The Bertz CT molecular complexity index is 1130. The molecular weight excluding hydrogens is 459 g/mol. The highest BCUT2D eigenvalue weighted by atomic mass is 19.1. The van der Waals surface area contributed by atoms with Crippen LogP contribution in [0.4, 0.5) is 4.39 Å². The molecule has 37 heavy (non-hydrogen) atoms. The molecule has 0 radical (unpaired) electrons. The summed E-state index contributed by atoms with van der Waals surface area (Å²) in [6, 6.07) is 38.9. The van der Waals surface area contributed by atoms with Crippen LogP contribution in [-0.2, 0) is 5.54 Å². The summed E-state index contributed by atoms with van der Waals surface area (Å²) in [6.45, 7) is 3.89. The first-order valence-electron chi connectivity index (χ1n) is 13.2. The summed E-state index contributed by atoms with van der Waals surface area (Å²) in [5.74, 6) is 0.516. The van der Waals surface area contributed by atoms with Crippen LogP contribution in [0.2, 0.25) is 0 Å². The summed E-state index contributed by atoms with van der Waals surface area (Å²) in [5.41, 5.74) is 3.40. The van der Waals surface area contributed by atoms with Gasteiger partial charge in [-0.15, -0.1) is 0 Å². The monoisotopic (exact) mass is 494 g/mol. The van der Waals surface area contributed by atoms with E-state index >= 15 is 0 Å². The predicted octanol–water partition coefficient (Wildman–Crippen LogP) is 6.59. The number of hydrogen-bond acceptors (Lipinski definition) is 3. The van der Waals surface area contributed by atoms with Gasteiger partial charge in [-0.3, -0.25) is 4.90 Å². The van der Waals surface area contributed by atoms with Crippen molar-refractivity contribution < 1.29 is 9.13 Å². The summed E-state index contributed by atoms with van der Waals surface area (Å²) in [4.78, 5) is 5.04. The van der Waals surface area contributed by atoms with Crippen LogP contribution in [0.3, 0.4) is 0 Å². The lowest BCUT2D eigenvalue weighted by atomic mass is 9.75. The van der Waals surface area contributed by atoms with E-state index in [0.29, 0.717) is 0 Å². The Balaban J connectivity index is 1.33. The molecule has 4 aromatic rings. The number of ether oxygens (including phenoxy) is 1. The molecule has 4 heteroatoms. The second-order valence-electron chi connectivity index (χ2n) is 9.84. The van der Waals surface area contributed by atoms with Gasteiger partial charge in [-0.1, -0.05) is 91.0 Å². The van der Waals surface area contributed by atoms with Crippen LogP contribution in [0.5, 0.6) is 5.75 Å². The maximum Gasteiger partial charge on any atom is 0.123 e. The van der Waals surface area contributed by atoms with Crippen LogP contribution in [0.1, 0.15) is 29.5 Å². The average Bonchev–Trinajstić information content (AvgIpc) is 2.96. The van der Waals surface area contributed by atoms with E-state index in [1.165, 1.54) is 28.8 Å². The average molecular weight is 495 g/mol. The van der Waals surface area contributed by atoms with Gasteiger partial charge in [-0.25, -0.2) is 4.39 Å². The quantitative estimate of drug-likeness (QED) is 0.244. The van der Waals surface area contributed by atoms with Gasteiger partial charge in [0.2, 0.25) is 0 Å². The fourth-order valence-electron chi connectivity index (χ4n) is 5.61. The Hall–Kier alpha value is -3.47. The van der Waals surface area contributed by atoms with Crippen molar-refractivity contribution in [1.82, 2.24) is 9.80 Å². The van der Waals surface area contributed by atoms with Gasteiger partial charge in [0.1, 0.15) is 17.7 Å². The van der Waals surface area contributed by atoms with Crippen molar-refractivity contribution in [3.8, 4) is 5.75 Å². The van der Waals surface area contributed by atoms with E-state index in [-0.39, 0.29) is 11.9 Å². The van der Waals surface area contributed by atoms with Crippen molar-refractivity contribution in [1.29, 1.82) is 0 Å². The van der Waals surface area contributed by atoms with E-state index in [1.807, 2.05) is 0 Å². The summed E-state index contributed by atoms with van der Waals surface area (Å²) in [5, 5.41) is 0. The first kappa shape index (κ1) is 25.2. The second-order valence-corrected chi connectivity index (χ2v) is 9.84. The summed E-state index contributed by atoms with van der Waals surface area (Å²) in [7, 11) is 2.25. The largest absolute Gasteiger partial charge is 0.490 e. The molecule has 0 bridgehead atoms. The predicted molar refractivity (Wildman–Crippen MR) is 148 cm³/mol. The van der Waals surface area contributed by atoms with Crippen molar-refractivity contribution in [2.45, 2.75) is 24.5 Å². The molecule has 1 heterocycles. The zero-order chi connectivity index (χ0) is 25.5. The molecule has 0 unspecified atom stereocenters. The molecular formula is C33H35FN2O. The normalized spacial score (nSPS) is 15.1. The number of benzene rings is 4. The molecule has 0 N–H and O–H groups in total. The molecule has 190 valence electrons. The molecule has 0 aliphatic carbocycles. The molecule has 0 spiro atoms. The lowest BCUT2D eigenvalue weighted by Gasteiger charge is -2.44. The van der Waals surface area contributed by atoms with Crippen LogP contribution in [0.25, 0.3) is 0 Å². The lowest BCUT2D eigenvalue weighted by molar-refractivity contribution is 0.0870. The Kier molecular flexibility index (Phi) is 7.98. The van der Waals surface area contributed by atoms with Gasteiger partial charge in [0.25, 0.3) is 0 Å². The first-order valence-corrected chi connectivity index (χ1v) is 13.2. The van der Waals surface area contributed by atoms with Crippen molar-refractivity contribution >= 4 is 0 Å². The molecule has 0 atom stereocenters. The fourth-order valence-corrected chi connectivity index (χ4v) is 5.61. The maximum absolute atomic E-state index is 13.2. The van der Waals surface area contributed by atoms with E-state index in [9.17, 15) is 4.39 Å². The fraction of sp³-hybridized carbons (Fsp3) is 0.273. The van der Waals surface area contributed by atoms with Gasteiger partial charge >= 0.3 is 0 Å². The zero-order valence-electron chi connectivity index (χ0n) is 21.5. The first-order chi connectivity index (χ1) is 18.2. The standard InChI is InChI=1S/C33H35FN2O/c1-35(25-26-36-23-21-32(22-24-36)37-31-19-17-30(34)18-20-31)33(27-11-5-2-6-12-27,28-13-7-3-8-14-28)29-15-9-4-10-16-29/h2-20,32H,21-26H2,1H3. The summed E-state index contributed by atoms with van der Waals surface area (Å²) >= 11 is 0. The van der Waals surface area contributed by atoms with Crippen molar-refractivity contribution in [3.05, 3.63) is 138 Å². The minimum Gasteiger partial charge on any atom is -0.490 e. The SMILES string of the molecule is CN(CCN1CCC(Oc2ccc(F)cc2)CC1)C(c1ccccc1)(c1ccccc1)c1ccccc1. The Morgan fingerprint density at radius 1 is 0.730 bits per heavy atom. The number of hydrogen-bond donors (Lipinski definition) is 0. The third-order valence-electron chi connectivity index (χ3n) is 7.55. The van der Waals surface area contributed by atoms with Gasteiger partial charge in [-0.2, -0.15) is 0 Å². The molecule has 0 saturated carbocycles. The Morgan fingerprint density at radius 3 is 1.65 bits per heavy atom. The van der Waals surface area contributed by atoms with Crippen molar-refractivity contribution in [2.75, 3.05) is 33.2 Å².